The van der Waals surface area contributed by atoms with E-state index >= 15 is 0 Å². The second-order valence-electron chi connectivity index (χ2n) is 7.82. The van der Waals surface area contributed by atoms with Crippen LogP contribution in [0.1, 0.15) is 20.8 Å². The lowest BCUT2D eigenvalue weighted by Gasteiger charge is -2.15. The zero-order valence-electron chi connectivity index (χ0n) is 19.0. The molecule has 0 saturated carbocycles. The number of rotatable bonds is 7. The number of nitrogen functional groups attached to an aromatic ring is 2. The lowest BCUT2D eigenvalue weighted by molar-refractivity contribution is 0.100. The van der Waals surface area contributed by atoms with Crippen molar-refractivity contribution in [3.63, 3.8) is 0 Å². The van der Waals surface area contributed by atoms with Crippen LogP contribution in [0.3, 0.4) is 0 Å². The average Bonchev–Trinajstić information content (AvgIpc) is 3.17. The normalized spacial score (nSPS) is 10.7. The number of ether oxygens (including phenoxy) is 2. The Bertz CT molecular complexity index is 1500. The number of amides is 1. The van der Waals surface area contributed by atoms with Crippen molar-refractivity contribution < 1.29 is 19.3 Å². The minimum Gasteiger partial charge on any atom is -0.493 e. The third-order valence-corrected chi connectivity index (χ3v) is 6.63. The van der Waals surface area contributed by atoms with Crippen LogP contribution in [0.15, 0.2) is 42.5 Å². The van der Waals surface area contributed by atoms with Gasteiger partial charge < -0.3 is 31.7 Å². The summed E-state index contributed by atoms with van der Waals surface area (Å²) in [4.78, 5) is 16.7. The molecule has 0 fully saturated rings. The standard InChI is InChI=1S/C24H22BN5O4S/c1-25(32)14-5-3-4-12(8-14)11-34-17-9-13(6-7-16(17)33-2)18-15(10-26)22(28)30-24-19(18)20(27)21(35-24)23(29)31/h3-9,32H,11,27H2,1-2H3,(H2,28,30)(H2,29,31). The molecular weight excluding hydrogens is 465 g/mol. The second-order valence-corrected chi connectivity index (χ2v) is 8.82. The highest BCUT2D eigenvalue weighted by molar-refractivity contribution is 7.21. The Morgan fingerprint density at radius 3 is 2.66 bits per heavy atom. The number of carbonyl (C=O) groups excluding carboxylic acids is 1. The third-order valence-electron chi connectivity index (χ3n) is 5.52. The maximum absolute atomic E-state index is 11.9. The molecule has 0 aliphatic heterocycles. The van der Waals surface area contributed by atoms with E-state index in [9.17, 15) is 15.1 Å². The summed E-state index contributed by atoms with van der Waals surface area (Å²) in [5.41, 5.74) is 20.7. The summed E-state index contributed by atoms with van der Waals surface area (Å²) in [6.45, 7) is 1.31. The fourth-order valence-corrected chi connectivity index (χ4v) is 4.77. The summed E-state index contributed by atoms with van der Waals surface area (Å²) < 4.78 is 11.5. The van der Waals surface area contributed by atoms with E-state index in [0.717, 1.165) is 22.4 Å². The highest BCUT2D eigenvalue weighted by Gasteiger charge is 2.24. The molecule has 0 radical (unpaired) electrons. The number of thiophene rings is 1. The van der Waals surface area contributed by atoms with Crippen LogP contribution in [-0.2, 0) is 6.61 Å². The summed E-state index contributed by atoms with van der Waals surface area (Å²) in [5.74, 6) is 0.226. The van der Waals surface area contributed by atoms with E-state index in [1.54, 1.807) is 25.0 Å². The number of nitrogens with two attached hydrogens (primary N) is 3. The molecule has 9 nitrogen and oxygen atoms in total. The molecule has 35 heavy (non-hydrogen) atoms. The van der Waals surface area contributed by atoms with E-state index < -0.39 is 12.8 Å². The number of pyridine rings is 1. The molecule has 176 valence electrons. The molecule has 4 rings (SSSR count). The highest BCUT2D eigenvalue weighted by Crippen LogP contribution is 2.44. The molecule has 2 aromatic heterocycles. The number of nitriles is 1. The van der Waals surface area contributed by atoms with Gasteiger partial charge in [-0.3, -0.25) is 4.79 Å². The van der Waals surface area contributed by atoms with Gasteiger partial charge in [-0.1, -0.05) is 37.2 Å². The molecule has 2 aromatic carbocycles. The topological polar surface area (TPSA) is 170 Å². The van der Waals surface area contributed by atoms with Gasteiger partial charge in [0, 0.05) is 10.9 Å². The van der Waals surface area contributed by atoms with Crippen LogP contribution < -0.4 is 32.1 Å². The zero-order valence-corrected chi connectivity index (χ0v) is 19.8. The maximum atomic E-state index is 11.9. The molecule has 0 aliphatic carbocycles. The van der Waals surface area contributed by atoms with E-state index in [1.807, 2.05) is 24.3 Å². The predicted octanol–water partition coefficient (Wildman–Crippen LogP) is 2.51. The van der Waals surface area contributed by atoms with Gasteiger partial charge in [-0.15, -0.1) is 11.3 Å². The van der Waals surface area contributed by atoms with Gasteiger partial charge >= 0.3 is 6.92 Å². The van der Waals surface area contributed by atoms with Gasteiger partial charge in [0.25, 0.3) is 5.91 Å². The van der Waals surface area contributed by atoms with Crippen molar-refractivity contribution in [2.24, 2.45) is 5.73 Å². The Kier molecular flexibility index (Phi) is 6.51. The minimum absolute atomic E-state index is 0.0143. The van der Waals surface area contributed by atoms with Crippen LogP contribution in [0.2, 0.25) is 6.82 Å². The van der Waals surface area contributed by atoms with Crippen LogP contribution in [0.25, 0.3) is 21.3 Å². The fourth-order valence-electron chi connectivity index (χ4n) is 3.80. The van der Waals surface area contributed by atoms with Crippen molar-refractivity contribution in [3.8, 4) is 28.7 Å². The summed E-state index contributed by atoms with van der Waals surface area (Å²) in [6.07, 6.45) is 0. The third kappa shape index (κ3) is 4.44. The first-order chi connectivity index (χ1) is 16.7. The summed E-state index contributed by atoms with van der Waals surface area (Å²) >= 11 is 1.02. The molecular formula is C24H22BN5O4S. The molecule has 2 heterocycles. The van der Waals surface area contributed by atoms with Crippen molar-refractivity contribution in [3.05, 3.63) is 58.5 Å². The Labute approximate surface area is 205 Å². The number of nitrogens with zero attached hydrogens (tertiary/aromatic N) is 2. The number of primary amides is 1. The number of hydrogen-bond donors (Lipinski definition) is 4. The zero-order chi connectivity index (χ0) is 25.3. The maximum Gasteiger partial charge on any atom is 0.320 e. The van der Waals surface area contributed by atoms with Gasteiger partial charge in [0.05, 0.1) is 12.8 Å². The minimum atomic E-state index is -0.688. The van der Waals surface area contributed by atoms with Crippen molar-refractivity contribution in [2.45, 2.75) is 13.4 Å². The quantitative estimate of drug-likeness (QED) is 0.288. The molecule has 0 aliphatic rings. The first-order valence-corrected chi connectivity index (χ1v) is 11.4. The monoisotopic (exact) mass is 487 g/mol. The van der Waals surface area contributed by atoms with E-state index in [1.165, 1.54) is 7.11 Å². The van der Waals surface area contributed by atoms with Crippen LogP contribution in [-0.4, -0.2) is 29.9 Å². The fraction of sp³-hybridized carbons (Fsp3) is 0.125. The first-order valence-electron chi connectivity index (χ1n) is 10.5. The van der Waals surface area contributed by atoms with Gasteiger partial charge in [0.15, 0.2) is 11.5 Å². The number of fused-ring (bicyclic) bond motifs is 1. The summed E-state index contributed by atoms with van der Waals surface area (Å²) in [5, 5.41) is 20.1. The molecule has 0 bridgehead atoms. The van der Waals surface area contributed by atoms with Crippen LogP contribution in [0.4, 0.5) is 11.5 Å². The van der Waals surface area contributed by atoms with Crippen molar-refractivity contribution in [1.82, 2.24) is 4.98 Å². The molecule has 0 saturated heterocycles. The van der Waals surface area contributed by atoms with Gasteiger partial charge in [-0.25, -0.2) is 4.98 Å². The van der Waals surface area contributed by atoms with Crippen LogP contribution in [0, 0.1) is 11.3 Å². The smallest absolute Gasteiger partial charge is 0.320 e. The van der Waals surface area contributed by atoms with Crippen LogP contribution >= 0.6 is 11.3 Å². The molecule has 1 amide bonds. The predicted molar refractivity (Wildman–Crippen MR) is 138 cm³/mol. The van der Waals surface area contributed by atoms with Crippen molar-refractivity contribution >= 4 is 51.3 Å². The number of methoxy groups -OCH3 is 1. The number of carbonyl (C=O) groups is 1. The number of anilines is 2. The number of aromatic nitrogens is 1. The second kappa shape index (κ2) is 9.54. The lowest BCUT2D eigenvalue weighted by atomic mass is 9.64. The van der Waals surface area contributed by atoms with Gasteiger partial charge in [0.2, 0.25) is 0 Å². The molecule has 11 heteroatoms. The first kappa shape index (κ1) is 23.9. The van der Waals surface area contributed by atoms with Gasteiger partial charge in [0.1, 0.15) is 33.8 Å². The Hall–Kier alpha value is -4.27. The molecule has 0 atom stereocenters. The summed E-state index contributed by atoms with van der Waals surface area (Å²) in [6, 6.07) is 14.7. The number of benzene rings is 2. The SMILES string of the molecule is COc1ccc(-c2c(C#N)c(N)nc3sc(C(N)=O)c(N)c23)cc1OCc1cccc(B(C)O)c1. The van der Waals surface area contributed by atoms with E-state index in [0.29, 0.717) is 32.8 Å². The van der Waals surface area contributed by atoms with Crippen molar-refractivity contribution in [2.75, 3.05) is 18.6 Å². The van der Waals surface area contributed by atoms with Crippen LogP contribution in [0.5, 0.6) is 11.5 Å². The summed E-state index contributed by atoms with van der Waals surface area (Å²) in [7, 11) is 1.52. The highest BCUT2D eigenvalue weighted by atomic mass is 32.1. The Balaban J connectivity index is 1.83. The molecule has 7 N–H and O–H groups in total. The molecule has 4 aromatic rings. The average molecular weight is 487 g/mol. The van der Waals surface area contributed by atoms with Gasteiger partial charge in [-0.05, 0) is 28.7 Å². The Morgan fingerprint density at radius 1 is 1.23 bits per heavy atom. The van der Waals surface area contributed by atoms with E-state index in [2.05, 4.69) is 11.1 Å². The van der Waals surface area contributed by atoms with Gasteiger partial charge in [-0.2, -0.15) is 5.26 Å². The Morgan fingerprint density at radius 2 is 2.00 bits per heavy atom. The molecule has 0 unspecified atom stereocenters. The largest absolute Gasteiger partial charge is 0.493 e. The molecule has 0 spiro atoms. The van der Waals surface area contributed by atoms with E-state index in [-0.39, 0.29) is 28.6 Å². The number of hydrogen-bond acceptors (Lipinski definition) is 9. The van der Waals surface area contributed by atoms with Crippen molar-refractivity contribution in [1.29, 1.82) is 5.26 Å². The van der Waals surface area contributed by atoms with E-state index in [4.69, 9.17) is 26.7 Å². The lowest BCUT2D eigenvalue weighted by Crippen LogP contribution is -2.26.